The Bertz CT molecular complexity index is 693. The maximum atomic E-state index is 12.4. The van der Waals surface area contributed by atoms with Crippen molar-refractivity contribution in [2.45, 2.75) is 38.1 Å². The van der Waals surface area contributed by atoms with Gasteiger partial charge in [-0.15, -0.1) is 0 Å². The summed E-state index contributed by atoms with van der Waals surface area (Å²) in [5.74, 6) is 1.84. The molecule has 1 aliphatic rings. The third-order valence-corrected chi connectivity index (χ3v) is 5.21. The number of para-hydroxylation sites is 2. The number of carbonyl (C=O) groups is 1. The summed E-state index contributed by atoms with van der Waals surface area (Å²) >= 11 is 1.72. The molecule has 0 spiro atoms. The van der Waals surface area contributed by atoms with Crippen LogP contribution in [0.25, 0.3) is 11.0 Å². The zero-order valence-corrected chi connectivity index (χ0v) is 15.3. The fourth-order valence-electron chi connectivity index (χ4n) is 3.31. The first-order chi connectivity index (χ1) is 11.7. The molecule has 0 unspecified atom stereocenters. The first kappa shape index (κ1) is 17.3. The minimum Gasteiger partial charge on any atom is -0.353 e. The molecule has 0 saturated carbocycles. The van der Waals surface area contributed by atoms with Gasteiger partial charge in [0.15, 0.2) is 0 Å². The predicted molar refractivity (Wildman–Crippen MR) is 100 cm³/mol. The van der Waals surface area contributed by atoms with E-state index in [2.05, 4.69) is 28.4 Å². The Morgan fingerprint density at radius 1 is 1.33 bits per heavy atom. The summed E-state index contributed by atoms with van der Waals surface area (Å²) in [5, 5.41) is 3.10. The molecule has 1 N–H and O–H groups in total. The number of likely N-dealkylation sites (tertiary alicyclic amines) is 1. The van der Waals surface area contributed by atoms with Crippen LogP contribution in [0.15, 0.2) is 24.3 Å². The zero-order valence-electron chi connectivity index (χ0n) is 14.5. The quantitative estimate of drug-likeness (QED) is 0.837. The maximum absolute atomic E-state index is 12.4. The van der Waals surface area contributed by atoms with Crippen molar-refractivity contribution >= 4 is 28.7 Å². The Hall–Kier alpha value is -1.53. The monoisotopic (exact) mass is 346 g/mol. The van der Waals surface area contributed by atoms with Gasteiger partial charge in [0, 0.05) is 12.6 Å². The number of thioether (sulfide) groups is 1. The van der Waals surface area contributed by atoms with Crippen LogP contribution in [-0.2, 0) is 17.1 Å². The average molecular weight is 347 g/mol. The van der Waals surface area contributed by atoms with Gasteiger partial charge in [-0.1, -0.05) is 12.1 Å². The smallest absolute Gasteiger partial charge is 0.240 e. The molecule has 1 atom stereocenters. The molecule has 1 fully saturated rings. The number of hydrogen-bond acceptors (Lipinski definition) is 4. The molecule has 1 aromatic heterocycles. The molecule has 1 aliphatic heterocycles. The van der Waals surface area contributed by atoms with Gasteiger partial charge >= 0.3 is 0 Å². The number of hydrogen-bond donors (Lipinski definition) is 1. The highest BCUT2D eigenvalue weighted by Crippen LogP contribution is 2.19. The van der Waals surface area contributed by atoms with Gasteiger partial charge in [0.05, 0.1) is 16.8 Å². The Morgan fingerprint density at radius 2 is 2.08 bits per heavy atom. The van der Waals surface area contributed by atoms with Crippen molar-refractivity contribution in [1.29, 1.82) is 0 Å². The Balaban J connectivity index is 1.65. The molecule has 0 radical (unpaired) electrons. The second-order valence-corrected chi connectivity index (χ2v) is 7.30. The van der Waals surface area contributed by atoms with E-state index in [-0.39, 0.29) is 5.91 Å². The van der Waals surface area contributed by atoms with Crippen LogP contribution >= 0.6 is 11.8 Å². The van der Waals surface area contributed by atoms with E-state index in [0.717, 1.165) is 35.7 Å². The number of rotatable bonds is 7. The maximum Gasteiger partial charge on any atom is 0.240 e. The van der Waals surface area contributed by atoms with Gasteiger partial charge in [-0.3, -0.25) is 9.69 Å². The lowest BCUT2D eigenvalue weighted by Gasteiger charge is -2.24. The van der Waals surface area contributed by atoms with E-state index in [1.807, 2.05) is 28.8 Å². The fraction of sp³-hybridized carbons (Fsp3) is 0.556. The number of carbonyl (C=O) groups excluding carboxylic acids is 1. The summed E-state index contributed by atoms with van der Waals surface area (Å²) in [6, 6.07) is 8.42. The van der Waals surface area contributed by atoms with Gasteiger partial charge in [-0.25, -0.2) is 4.98 Å². The normalized spacial score (nSPS) is 16.6. The summed E-state index contributed by atoms with van der Waals surface area (Å²) < 4.78 is 2.04. The van der Waals surface area contributed by atoms with Crippen molar-refractivity contribution in [2.75, 3.05) is 25.9 Å². The third kappa shape index (κ3) is 3.92. The van der Waals surface area contributed by atoms with Crippen LogP contribution in [0.3, 0.4) is 0 Å². The largest absolute Gasteiger partial charge is 0.353 e. The Morgan fingerprint density at radius 3 is 2.83 bits per heavy atom. The van der Waals surface area contributed by atoms with E-state index in [1.54, 1.807) is 11.8 Å². The molecule has 24 heavy (non-hydrogen) atoms. The molecular weight excluding hydrogens is 320 g/mol. The van der Waals surface area contributed by atoms with Crippen molar-refractivity contribution in [3.05, 3.63) is 30.1 Å². The lowest BCUT2D eigenvalue weighted by Crippen LogP contribution is -2.41. The lowest BCUT2D eigenvalue weighted by atomic mass is 10.3. The van der Waals surface area contributed by atoms with Crippen LogP contribution < -0.4 is 5.32 Å². The van der Waals surface area contributed by atoms with Gasteiger partial charge in [-0.2, -0.15) is 11.8 Å². The van der Waals surface area contributed by atoms with Crippen molar-refractivity contribution in [1.82, 2.24) is 19.8 Å². The van der Waals surface area contributed by atoms with Crippen LogP contribution in [0.5, 0.6) is 0 Å². The van der Waals surface area contributed by atoms with E-state index in [1.165, 1.54) is 12.8 Å². The molecule has 3 rings (SSSR count). The summed E-state index contributed by atoms with van der Waals surface area (Å²) in [6.07, 6.45) is 4.61. The standard InChI is InChI=1S/C18H26N4OS/c1-14(21-9-5-6-10-21)11-19-18(23)12-22-16-8-4-3-7-15(16)20-17(22)13-24-2/h3-4,7-8,14H,5-6,9-13H2,1-2H3,(H,19,23)/t14-/m0/s1. The molecule has 1 aromatic carbocycles. The van der Waals surface area contributed by atoms with E-state index in [9.17, 15) is 4.79 Å². The van der Waals surface area contributed by atoms with Gasteiger partial charge in [0.25, 0.3) is 0 Å². The Labute approximate surface area is 147 Å². The van der Waals surface area contributed by atoms with Crippen LogP contribution in [0.4, 0.5) is 0 Å². The molecule has 0 bridgehead atoms. The number of nitrogens with zero attached hydrogens (tertiary/aromatic N) is 3. The average Bonchev–Trinajstić information content (AvgIpc) is 3.22. The van der Waals surface area contributed by atoms with Crippen molar-refractivity contribution in [3.63, 3.8) is 0 Å². The van der Waals surface area contributed by atoms with Gasteiger partial charge < -0.3 is 9.88 Å². The molecular formula is C18H26N4OS. The van der Waals surface area contributed by atoms with Crippen molar-refractivity contribution in [3.8, 4) is 0 Å². The molecule has 0 aliphatic carbocycles. The highest BCUT2D eigenvalue weighted by atomic mass is 32.2. The molecule has 1 amide bonds. The van der Waals surface area contributed by atoms with Crippen molar-refractivity contribution < 1.29 is 4.79 Å². The molecule has 2 aromatic rings. The van der Waals surface area contributed by atoms with Crippen LogP contribution in [0.2, 0.25) is 0 Å². The highest BCUT2D eigenvalue weighted by Gasteiger charge is 2.19. The number of imidazole rings is 1. The van der Waals surface area contributed by atoms with Gasteiger partial charge in [0.2, 0.25) is 5.91 Å². The molecule has 130 valence electrons. The van der Waals surface area contributed by atoms with Crippen LogP contribution in [-0.4, -0.2) is 52.3 Å². The van der Waals surface area contributed by atoms with E-state index < -0.39 is 0 Å². The first-order valence-electron chi connectivity index (χ1n) is 8.63. The molecule has 1 saturated heterocycles. The molecule has 5 nitrogen and oxygen atoms in total. The van der Waals surface area contributed by atoms with E-state index in [4.69, 9.17) is 0 Å². The SMILES string of the molecule is CSCc1nc2ccccc2n1CC(=O)NC[C@H](C)N1CCCC1. The summed E-state index contributed by atoms with van der Waals surface area (Å²) in [5.41, 5.74) is 1.99. The highest BCUT2D eigenvalue weighted by molar-refractivity contribution is 7.97. The van der Waals surface area contributed by atoms with E-state index >= 15 is 0 Å². The van der Waals surface area contributed by atoms with Crippen molar-refractivity contribution in [2.24, 2.45) is 0 Å². The Kier molecular flexibility index (Phi) is 5.79. The second-order valence-electron chi connectivity index (χ2n) is 6.43. The number of benzene rings is 1. The second kappa shape index (κ2) is 8.03. The summed E-state index contributed by atoms with van der Waals surface area (Å²) in [7, 11) is 0. The minimum atomic E-state index is 0.0616. The molecule has 6 heteroatoms. The van der Waals surface area contributed by atoms with Crippen LogP contribution in [0.1, 0.15) is 25.6 Å². The fourth-order valence-corrected chi connectivity index (χ4v) is 3.79. The first-order valence-corrected chi connectivity index (χ1v) is 10.0. The van der Waals surface area contributed by atoms with E-state index in [0.29, 0.717) is 19.1 Å². The number of nitrogens with one attached hydrogen (secondary N) is 1. The molecule has 2 heterocycles. The predicted octanol–water partition coefficient (Wildman–Crippen LogP) is 2.50. The minimum absolute atomic E-state index is 0.0616. The summed E-state index contributed by atoms with van der Waals surface area (Å²) in [6.45, 7) is 5.55. The zero-order chi connectivity index (χ0) is 16.9. The van der Waals surface area contributed by atoms with Crippen LogP contribution in [0, 0.1) is 0 Å². The number of amides is 1. The topological polar surface area (TPSA) is 50.2 Å². The van der Waals surface area contributed by atoms with Gasteiger partial charge in [-0.05, 0) is 51.2 Å². The number of fused-ring (bicyclic) bond motifs is 1. The third-order valence-electron chi connectivity index (χ3n) is 4.67. The van der Waals surface area contributed by atoms with Gasteiger partial charge in [0.1, 0.15) is 12.4 Å². The summed E-state index contributed by atoms with van der Waals surface area (Å²) in [4.78, 5) is 19.6. The number of aromatic nitrogens is 2. The lowest BCUT2D eigenvalue weighted by molar-refractivity contribution is -0.121.